The van der Waals surface area contributed by atoms with Crippen LogP contribution < -0.4 is 11.1 Å². The van der Waals surface area contributed by atoms with E-state index >= 15 is 0 Å². The molecule has 0 aliphatic carbocycles. The third-order valence-corrected chi connectivity index (χ3v) is 3.26. The van der Waals surface area contributed by atoms with Crippen LogP contribution >= 0.6 is 0 Å². The Kier molecular flexibility index (Phi) is 4.27. The van der Waals surface area contributed by atoms with Gasteiger partial charge in [0, 0.05) is 18.3 Å². The summed E-state index contributed by atoms with van der Waals surface area (Å²) in [4.78, 5) is 24.7. The van der Waals surface area contributed by atoms with Gasteiger partial charge in [-0.15, -0.1) is 0 Å². The number of hydrogen-bond acceptors (Lipinski definition) is 3. The first-order valence-corrected chi connectivity index (χ1v) is 6.46. The SMILES string of the molecule is CC(c1ccco1)N(C)C(=O)c1ccc(NC(N)=O)cc1. The Labute approximate surface area is 122 Å². The smallest absolute Gasteiger partial charge is 0.316 e. The number of primary amides is 1. The molecule has 0 bridgehead atoms. The van der Waals surface area contributed by atoms with Crippen LogP contribution in [0.5, 0.6) is 0 Å². The highest BCUT2D eigenvalue weighted by Crippen LogP contribution is 2.21. The molecule has 3 amide bonds. The normalized spacial score (nSPS) is 11.7. The van der Waals surface area contributed by atoms with Crippen molar-refractivity contribution in [2.45, 2.75) is 13.0 Å². The molecule has 0 saturated heterocycles. The van der Waals surface area contributed by atoms with Crippen molar-refractivity contribution in [3.63, 3.8) is 0 Å². The van der Waals surface area contributed by atoms with Crippen LogP contribution in [0.15, 0.2) is 47.1 Å². The summed E-state index contributed by atoms with van der Waals surface area (Å²) in [6.07, 6.45) is 1.58. The minimum Gasteiger partial charge on any atom is -0.467 e. The second-order valence-corrected chi connectivity index (χ2v) is 4.67. The first-order chi connectivity index (χ1) is 9.99. The van der Waals surface area contributed by atoms with Gasteiger partial charge in [-0.3, -0.25) is 4.79 Å². The number of urea groups is 1. The minimum atomic E-state index is -0.641. The second kappa shape index (κ2) is 6.13. The molecule has 21 heavy (non-hydrogen) atoms. The largest absolute Gasteiger partial charge is 0.467 e. The van der Waals surface area contributed by atoms with Crippen LogP contribution in [-0.4, -0.2) is 23.9 Å². The fourth-order valence-electron chi connectivity index (χ4n) is 1.94. The van der Waals surface area contributed by atoms with Crippen molar-refractivity contribution in [3.8, 4) is 0 Å². The van der Waals surface area contributed by atoms with E-state index in [1.165, 1.54) is 0 Å². The molecule has 0 aliphatic rings. The van der Waals surface area contributed by atoms with E-state index in [2.05, 4.69) is 5.32 Å². The Morgan fingerprint density at radius 1 is 1.24 bits per heavy atom. The maximum atomic E-state index is 12.4. The summed E-state index contributed by atoms with van der Waals surface area (Å²) in [5, 5.41) is 2.44. The fraction of sp³-hybridized carbons (Fsp3) is 0.200. The van der Waals surface area contributed by atoms with E-state index in [9.17, 15) is 9.59 Å². The molecule has 6 heteroatoms. The van der Waals surface area contributed by atoms with Crippen molar-refractivity contribution >= 4 is 17.6 Å². The van der Waals surface area contributed by atoms with Crippen LogP contribution in [0, 0.1) is 0 Å². The van der Waals surface area contributed by atoms with Gasteiger partial charge >= 0.3 is 6.03 Å². The average molecular weight is 287 g/mol. The van der Waals surface area contributed by atoms with Crippen LogP contribution in [0.2, 0.25) is 0 Å². The number of benzene rings is 1. The summed E-state index contributed by atoms with van der Waals surface area (Å²) in [5.41, 5.74) is 6.09. The summed E-state index contributed by atoms with van der Waals surface area (Å²) in [6, 6.07) is 9.33. The molecule has 1 aromatic carbocycles. The zero-order valence-electron chi connectivity index (χ0n) is 11.9. The number of carbonyl (C=O) groups excluding carboxylic acids is 2. The molecule has 3 N–H and O–H groups in total. The van der Waals surface area contributed by atoms with E-state index in [0.29, 0.717) is 11.3 Å². The highest BCUT2D eigenvalue weighted by Gasteiger charge is 2.20. The Morgan fingerprint density at radius 2 is 1.90 bits per heavy atom. The van der Waals surface area contributed by atoms with E-state index in [1.54, 1.807) is 48.5 Å². The van der Waals surface area contributed by atoms with Gasteiger partial charge in [0.15, 0.2) is 0 Å². The van der Waals surface area contributed by atoms with Gasteiger partial charge in [-0.2, -0.15) is 0 Å². The van der Waals surface area contributed by atoms with Crippen molar-refractivity contribution in [1.82, 2.24) is 4.90 Å². The van der Waals surface area contributed by atoms with Crippen molar-refractivity contribution in [2.75, 3.05) is 12.4 Å². The number of anilines is 1. The van der Waals surface area contributed by atoms with Gasteiger partial charge in [0.25, 0.3) is 5.91 Å². The number of amides is 3. The number of nitrogens with one attached hydrogen (secondary N) is 1. The highest BCUT2D eigenvalue weighted by atomic mass is 16.3. The number of furan rings is 1. The Balaban J connectivity index is 2.10. The van der Waals surface area contributed by atoms with Gasteiger partial charge in [0.2, 0.25) is 0 Å². The van der Waals surface area contributed by atoms with Crippen molar-refractivity contribution in [3.05, 3.63) is 54.0 Å². The number of nitrogens with two attached hydrogens (primary N) is 1. The molecule has 1 atom stereocenters. The van der Waals surface area contributed by atoms with E-state index in [4.69, 9.17) is 10.2 Å². The van der Waals surface area contributed by atoms with Crippen LogP contribution in [0.3, 0.4) is 0 Å². The summed E-state index contributed by atoms with van der Waals surface area (Å²) in [7, 11) is 1.71. The lowest BCUT2D eigenvalue weighted by Crippen LogP contribution is -2.29. The molecule has 2 rings (SSSR count). The number of carbonyl (C=O) groups is 2. The summed E-state index contributed by atoms with van der Waals surface area (Å²) in [5.74, 6) is 0.586. The molecule has 0 spiro atoms. The van der Waals surface area contributed by atoms with E-state index in [0.717, 1.165) is 5.76 Å². The van der Waals surface area contributed by atoms with E-state index < -0.39 is 6.03 Å². The van der Waals surface area contributed by atoms with Gasteiger partial charge in [0.1, 0.15) is 5.76 Å². The van der Waals surface area contributed by atoms with Gasteiger partial charge in [-0.05, 0) is 43.3 Å². The Morgan fingerprint density at radius 3 is 2.43 bits per heavy atom. The third-order valence-electron chi connectivity index (χ3n) is 3.26. The molecule has 0 radical (unpaired) electrons. The summed E-state index contributed by atoms with van der Waals surface area (Å²) < 4.78 is 5.31. The molecule has 6 nitrogen and oxygen atoms in total. The lowest BCUT2D eigenvalue weighted by molar-refractivity contribution is 0.0726. The second-order valence-electron chi connectivity index (χ2n) is 4.67. The zero-order valence-corrected chi connectivity index (χ0v) is 11.9. The predicted molar refractivity (Wildman–Crippen MR) is 78.9 cm³/mol. The van der Waals surface area contributed by atoms with Crippen molar-refractivity contribution < 1.29 is 14.0 Å². The molecule has 1 aromatic heterocycles. The standard InChI is InChI=1S/C15H17N3O3/c1-10(13-4-3-9-21-13)18(2)14(19)11-5-7-12(8-6-11)17-15(16)20/h3-10H,1-2H3,(H3,16,17,20). The quantitative estimate of drug-likeness (QED) is 0.905. The fourth-order valence-corrected chi connectivity index (χ4v) is 1.94. The van der Waals surface area contributed by atoms with Crippen molar-refractivity contribution in [1.29, 1.82) is 0 Å². The topological polar surface area (TPSA) is 88.6 Å². The molecule has 2 aromatic rings. The molecule has 0 saturated carbocycles. The third kappa shape index (κ3) is 3.42. The first kappa shape index (κ1) is 14.6. The van der Waals surface area contributed by atoms with Gasteiger partial charge < -0.3 is 20.4 Å². The molecule has 0 aliphatic heterocycles. The van der Waals surface area contributed by atoms with Gasteiger partial charge in [-0.1, -0.05) is 0 Å². The Bertz CT molecular complexity index is 620. The zero-order chi connectivity index (χ0) is 15.4. The maximum absolute atomic E-state index is 12.4. The average Bonchev–Trinajstić information content (AvgIpc) is 2.99. The highest BCUT2D eigenvalue weighted by molar-refractivity contribution is 5.95. The number of nitrogens with zero attached hydrogens (tertiary/aromatic N) is 1. The predicted octanol–water partition coefficient (Wildman–Crippen LogP) is 2.60. The van der Waals surface area contributed by atoms with Crippen LogP contribution in [0.25, 0.3) is 0 Å². The van der Waals surface area contributed by atoms with Gasteiger partial charge in [-0.25, -0.2) is 4.79 Å². The van der Waals surface area contributed by atoms with Crippen molar-refractivity contribution in [2.24, 2.45) is 5.73 Å². The lowest BCUT2D eigenvalue weighted by atomic mass is 10.1. The van der Waals surface area contributed by atoms with E-state index in [-0.39, 0.29) is 11.9 Å². The summed E-state index contributed by atoms with van der Waals surface area (Å²) in [6.45, 7) is 1.89. The Hall–Kier alpha value is -2.76. The van der Waals surface area contributed by atoms with E-state index in [1.807, 2.05) is 13.0 Å². The number of rotatable bonds is 4. The molecule has 0 fully saturated rings. The summed E-state index contributed by atoms with van der Waals surface area (Å²) >= 11 is 0. The lowest BCUT2D eigenvalue weighted by Gasteiger charge is -2.23. The van der Waals surface area contributed by atoms with Crippen LogP contribution in [-0.2, 0) is 0 Å². The van der Waals surface area contributed by atoms with Crippen LogP contribution in [0.1, 0.15) is 29.1 Å². The monoisotopic (exact) mass is 287 g/mol. The van der Waals surface area contributed by atoms with Crippen LogP contribution in [0.4, 0.5) is 10.5 Å². The first-order valence-electron chi connectivity index (χ1n) is 6.46. The molecule has 1 heterocycles. The molecular weight excluding hydrogens is 270 g/mol. The van der Waals surface area contributed by atoms with Gasteiger partial charge in [0.05, 0.1) is 12.3 Å². The number of hydrogen-bond donors (Lipinski definition) is 2. The molecular formula is C15H17N3O3. The molecule has 110 valence electrons. The minimum absolute atomic E-state index is 0.135. The maximum Gasteiger partial charge on any atom is 0.316 e. The molecule has 1 unspecified atom stereocenters.